The van der Waals surface area contributed by atoms with E-state index in [2.05, 4.69) is 20.0 Å². The Morgan fingerprint density at radius 3 is 2.43 bits per heavy atom. The third-order valence-electron chi connectivity index (χ3n) is 3.49. The lowest BCUT2D eigenvalue weighted by Gasteiger charge is -2.33. The number of aromatic nitrogens is 1. The van der Waals surface area contributed by atoms with Gasteiger partial charge in [-0.25, -0.2) is 4.98 Å². The largest absolute Gasteiger partial charge is 0.508 e. The molecule has 21 heavy (non-hydrogen) atoms. The van der Waals surface area contributed by atoms with E-state index in [0.29, 0.717) is 0 Å². The van der Waals surface area contributed by atoms with Crippen LogP contribution >= 0.6 is 0 Å². The smallest absolute Gasteiger partial charge is 0.128 e. The molecule has 0 amide bonds. The number of phenolic OH excluding ortho intramolecular Hbond substituents is 1. The summed E-state index contributed by atoms with van der Waals surface area (Å²) in [7, 11) is 0. The van der Waals surface area contributed by atoms with Crippen molar-refractivity contribution in [2.45, 2.75) is 0 Å². The van der Waals surface area contributed by atoms with Gasteiger partial charge < -0.3 is 10.0 Å². The van der Waals surface area contributed by atoms with E-state index in [1.165, 1.54) is 0 Å². The Bertz CT molecular complexity index is 589. The van der Waals surface area contributed by atoms with Crippen molar-refractivity contribution in [2.24, 2.45) is 5.10 Å². The van der Waals surface area contributed by atoms with E-state index in [1.807, 2.05) is 42.7 Å². The molecule has 1 fully saturated rings. The molecule has 3 rings (SSSR count). The minimum absolute atomic E-state index is 0.274. The molecular weight excluding hydrogens is 264 g/mol. The van der Waals surface area contributed by atoms with Crippen LogP contribution < -0.4 is 4.90 Å². The molecule has 108 valence electrons. The number of nitrogens with zero attached hydrogens (tertiary/aromatic N) is 4. The molecule has 0 bridgehead atoms. The number of anilines is 1. The summed E-state index contributed by atoms with van der Waals surface area (Å²) in [4.78, 5) is 6.64. The fourth-order valence-corrected chi connectivity index (χ4v) is 2.29. The van der Waals surface area contributed by atoms with Gasteiger partial charge in [0.1, 0.15) is 11.6 Å². The summed E-state index contributed by atoms with van der Waals surface area (Å²) >= 11 is 0. The van der Waals surface area contributed by atoms with Gasteiger partial charge in [-0.15, -0.1) is 0 Å². The van der Waals surface area contributed by atoms with Gasteiger partial charge in [-0.3, -0.25) is 5.01 Å². The van der Waals surface area contributed by atoms with Crippen molar-refractivity contribution in [1.29, 1.82) is 0 Å². The first-order valence-corrected chi connectivity index (χ1v) is 7.05. The number of pyridine rings is 1. The standard InChI is InChI=1S/C16H18N4O/c21-15-6-4-14(5-7-15)13-18-20-11-9-19(10-12-20)16-3-1-2-8-17-16/h1-8,13,21H,9-12H2. The van der Waals surface area contributed by atoms with Crippen LogP contribution in [0.2, 0.25) is 0 Å². The van der Waals surface area contributed by atoms with E-state index in [-0.39, 0.29) is 5.75 Å². The summed E-state index contributed by atoms with van der Waals surface area (Å²) in [5.74, 6) is 1.30. The number of phenols is 1. The van der Waals surface area contributed by atoms with Gasteiger partial charge in [-0.2, -0.15) is 5.10 Å². The average Bonchev–Trinajstić information content (AvgIpc) is 2.56. The molecule has 1 aliphatic heterocycles. The van der Waals surface area contributed by atoms with Crippen LogP contribution in [0.1, 0.15) is 5.56 Å². The summed E-state index contributed by atoms with van der Waals surface area (Å²) < 4.78 is 0. The Kier molecular flexibility index (Phi) is 4.00. The maximum absolute atomic E-state index is 9.24. The molecule has 1 aliphatic rings. The van der Waals surface area contributed by atoms with E-state index in [0.717, 1.165) is 37.6 Å². The van der Waals surface area contributed by atoms with E-state index >= 15 is 0 Å². The first-order chi connectivity index (χ1) is 10.3. The van der Waals surface area contributed by atoms with Crippen molar-refractivity contribution in [1.82, 2.24) is 9.99 Å². The van der Waals surface area contributed by atoms with E-state index in [4.69, 9.17) is 0 Å². The number of benzene rings is 1. The van der Waals surface area contributed by atoms with Gasteiger partial charge in [-0.1, -0.05) is 6.07 Å². The Morgan fingerprint density at radius 1 is 1.00 bits per heavy atom. The number of hydrazone groups is 1. The maximum atomic E-state index is 9.24. The highest BCUT2D eigenvalue weighted by atomic mass is 16.3. The van der Waals surface area contributed by atoms with Crippen LogP contribution in [0, 0.1) is 0 Å². The number of rotatable bonds is 3. The van der Waals surface area contributed by atoms with Crippen LogP contribution in [-0.4, -0.2) is 47.5 Å². The van der Waals surface area contributed by atoms with E-state index in [1.54, 1.807) is 12.1 Å². The minimum atomic E-state index is 0.274. The highest BCUT2D eigenvalue weighted by molar-refractivity contribution is 5.79. The monoisotopic (exact) mass is 282 g/mol. The highest BCUT2D eigenvalue weighted by Crippen LogP contribution is 2.13. The molecule has 0 aliphatic carbocycles. The Morgan fingerprint density at radius 2 is 1.76 bits per heavy atom. The fraction of sp³-hybridized carbons (Fsp3) is 0.250. The lowest BCUT2D eigenvalue weighted by Crippen LogP contribution is -2.44. The Labute approximate surface area is 124 Å². The third-order valence-corrected chi connectivity index (χ3v) is 3.49. The minimum Gasteiger partial charge on any atom is -0.508 e. The molecule has 1 aromatic heterocycles. The first-order valence-electron chi connectivity index (χ1n) is 7.05. The van der Waals surface area contributed by atoms with Gasteiger partial charge in [0, 0.05) is 19.3 Å². The summed E-state index contributed by atoms with van der Waals surface area (Å²) in [6.45, 7) is 3.60. The van der Waals surface area contributed by atoms with Crippen molar-refractivity contribution >= 4 is 12.0 Å². The SMILES string of the molecule is Oc1ccc(C=NN2CCN(c3ccccn3)CC2)cc1. The topological polar surface area (TPSA) is 52.0 Å². The summed E-state index contributed by atoms with van der Waals surface area (Å²) in [6.07, 6.45) is 3.65. The van der Waals surface area contributed by atoms with Crippen LogP contribution in [0.4, 0.5) is 5.82 Å². The van der Waals surface area contributed by atoms with Crippen molar-refractivity contribution in [2.75, 3.05) is 31.1 Å². The number of aromatic hydroxyl groups is 1. The fourth-order valence-electron chi connectivity index (χ4n) is 2.29. The molecule has 1 N–H and O–H groups in total. The maximum Gasteiger partial charge on any atom is 0.128 e. The van der Waals surface area contributed by atoms with E-state index < -0.39 is 0 Å². The lowest BCUT2D eigenvalue weighted by molar-refractivity contribution is 0.271. The van der Waals surface area contributed by atoms with Crippen molar-refractivity contribution < 1.29 is 5.11 Å². The quantitative estimate of drug-likeness (QED) is 0.874. The molecule has 1 saturated heterocycles. The van der Waals surface area contributed by atoms with Crippen LogP contribution in [0.3, 0.4) is 0 Å². The molecule has 0 unspecified atom stereocenters. The zero-order chi connectivity index (χ0) is 14.5. The zero-order valence-corrected chi connectivity index (χ0v) is 11.8. The van der Waals surface area contributed by atoms with Crippen molar-refractivity contribution in [3.05, 3.63) is 54.2 Å². The molecule has 0 radical (unpaired) electrons. The second-order valence-electron chi connectivity index (χ2n) is 4.96. The number of hydrogen-bond donors (Lipinski definition) is 1. The molecule has 5 heteroatoms. The Balaban J connectivity index is 1.55. The van der Waals surface area contributed by atoms with Crippen LogP contribution in [0.15, 0.2) is 53.8 Å². The summed E-state index contributed by atoms with van der Waals surface area (Å²) in [5.41, 5.74) is 0.986. The lowest BCUT2D eigenvalue weighted by atomic mass is 10.2. The normalized spacial score (nSPS) is 15.6. The first kappa shape index (κ1) is 13.4. The number of piperazine rings is 1. The van der Waals surface area contributed by atoms with Gasteiger partial charge >= 0.3 is 0 Å². The summed E-state index contributed by atoms with van der Waals surface area (Å²) in [5, 5.41) is 15.8. The molecule has 1 aromatic carbocycles. The summed E-state index contributed by atoms with van der Waals surface area (Å²) in [6, 6.07) is 13.0. The average molecular weight is 282 g/mol. The molecule has 2 heterocycles. The van der Waals surface area contributed by atoms with Gasteiger partial charge in [0.05, 0.1) is 19.3 Å². The van der Waals surface area contributed by atoms with Crippen LogP contribution in [-0.2, 0) is 0 Å². The highest BCUT2D eigenvalue weighted by Gasteiger charge is 2.15. The second kappa shape index (κ2) is 6.26. The van der Waals surface area contributed by atoms with E-state index in [9.17, 15) is 5.11 Å². The van der Waals surface area contributed by atoms with Crippen molar-refractivity contribution in [3.8, 4) is 5.75 Å². The molecule has 5 nitrogen and oxygen atoms in total. The van der Waals surface area contributed by atoms with Crippen LogP contribution in [0.25, 0.3) is 0 Å². The van der Waals surface area contributed by atoms with Gasteiger partial charge in [0.15, 0.2) is 0 Å². The van der Waals surface area contributed by atoms with Gasteiger partial charge in [-0.05, 0) is 42.0 Å². The molecular formula is C16H18N4O. The molecule has 0 saturated carbocycles. The Hall–Kier alpha value is -2.56. The predicted octanol–water partition coefficient (Wildman–Crippen LogP) is 1.94. The molecule has 0 atom stereocenters. The van der Waals surface area contributed by atoms with Crippen LogP contribution in [0.5, 0.6) is 5.75 Å². The van der Waals surface area contributed by atoms with Gasteiger partial charge in [0.2, 0.25) is 0 Å². The molecule has 0 spiro atoms. The zero-order valence-electron chi connectivity index (χ0n) is 11.8. The van der Waals surface area contributed by atoms with Crippen molar-refractivity contribution in [3.63, 3.8) is 0 Å². The number of hydrogen-bond acceptors (Lipinski definition) is 5. The molecule has 2 aromatic rings. The third kappa shape index (κ3) is 3.51. The van der Waals surface area contributed by atoms with Gasteiger partial charge in [0.25, 0.3) is 0 Å². The second-order valence-corrected chi connectivity index (χ2v) is 4.96. The predicted molar refractivity (Wildman–Crippen MR) is 83.7 cm³/mol.